The summed E-state index contributed by atoms with van der Waals surface area (Å²) < 4.78 is 90.0. The molecule has 0 radical (unpaired) electrons. The van der Waals surface area contributed by atoms with Crippen molar-refractivity contribution in [1.82, 2.24) is 4.98 Å². The number of benzene rings is 1. The van der Waals surface area contributed by atoms with Gasteiger partial charge >= 0.3 is 12.3 Å². The Hall–Kier alpha value is -3.00. The van der Waals surface area contributed by atoms with E-state index in [0.29, 0.717) is 18.4 Å². The van der Waals surface area contributed by atoms with Gasteiger partial charge in [-0.05, 0) is 18.2 Å². The molecular weight excluding hydrogens is 514 g/mol. The van der Waals surface area contributed by atoms with Gasteiger partial charge in [0.05, 0.1) is 19.4 Å². The van der Waals surface area contributed by atoms with Gasteiger partial charge in [0.25, 0.3) is 5.91 Å². The number of hydrogen-bond acceptors (Lipinski definition) is 7. The molecule has 4 rings (SSSR count). The predicted octanol–water partition coefficient (Wildman–Crippen LogP) is 4.18. The van der Waals surface area contributed by atoms with Crippen LogP contribution in [-0.2, 0) is 10.3 Å². The van der Waals surface area contributed by atoms with E-state index in [1.54, 1.807) is 0 Å². The fraction of sp³-hybridized carbons (Fsp3) is 0.409. The van der Waals surface area contributed by atoms with Gasteiger partial charge in [0.1, 0.15) is 17.1 Å². The molecule has 3 heterocycles. The fourth-order valence-corrected chi connectivity index (χ4v) is 4.99. The van der Waals surface area contributed by atoms with E-state index in [9.17, 15) is 31.1 Å². The van der Waals surface area contributed by atoms with Crippen LogP contribution >= 0.6 is 11.8 Å². The average molecular weight is 534 g/mol. The van der Waals surface area contributed by atoms with Crippen molar-refractivity contribution in [1.29, 1.82) is 0 Å². The summed E-state index contributed by atoms with van der Waals surface area (Å²) in [7, 11) is 0. The molecule has 1 aromatic carbocycles. The highest BCUT2D eigenvalue weighted by atomic mass is 32.2. The number of ether oxygens (including phenoxy) is 2. The number of fused-ring (bicyclic) bond motifs is 1. The number of pyridine rings is 1. The van der Waals surface area contributed by atoms with E-state index < -0.39 is 58.9 Å². The van der Waals surface area contributed by atoms with Gasteiger partial charge in [-0.2, -0.15) is 8.78 Å². The Labute approximate surface area is 205 Å². The van der Waals surface area contributed by atoms with Gasteiger partial charge in [-0.25, -0.2) is 27.5 Å². The largest absolute Gasteiger partial charge is 0.485 e. The number of carbonyl (C=O) groups excluding carboxylic acids is 1. The molecule has 2 atom stereocenters. The molecule has 1 amide bonds. The Morgan fingerprint density at radius 2 is 2.03 bits per heavy atom. The molecule has 1 fully saturated rings. The Kier molecular flexibility index (Phi) is 6.86. The highest BCUT2D eigenvalue weighted by molar-refractivity contribution is 8.13. The molecule has 3 N–H and O–H groups in total. The summed E-state index contributed by atoms with van der Waals surface area (Å²) in [6.07, 6.45) is -3.23. The first-order valence-corrected chi connectivity index (χ1v) is 11.5. The Bertz CT molecular complexity index is 1220. The normalized spacial score (nSPS) is 23.8. The van der Waals surface area contributed by atoms with Crippen LogP contribution < -0.4 is 15.8 Å². The summed E-state index contributed by atoms with van der Waals surface area (Å²) in [5, 5.41) is 2.67. The van der Waals surface area contributed by atoms with Crippen molar-refractivity contribution in [2.45, 2.75) is 24.8 Å². The van der Waals surface area contributed by atoms with E-state index in [-0.39, 0.29) is 23.0 Å². The minimum Gasteiger partial charge on any atom is -0.485 e. The number of nitrogens with one attached hydrogen (secondary N) is 1. The average Bonchev–Trinajstić information content (AvgIpc) is 3.16. The van der Waals surface area contributed by atoms with E-state index in [0.717, 1.165) is 12.3 Å². The number of amides is 1. The number of hydrogen-bond donors (Lipinski definition) is 2. The van der Waals surface area contributed by atoms with Gasteiger partial charge in [0.15, 0.2) is 23.3 Å². The topological polar surface area (TPSA) is 98.8 Å². The number of halogens is 6. The number of amidine groups is 1. The smallest absolute Gasteiger partial charge is 0.340 e. The number of aromatic nitrogens is 1. The third-order valence-corrected chi connectivity index (χ3v) is 7.19. The van der Waals surface area contributed by atoms with Crippen molar-refractivity contribution in [2.24, 2.45) is 16.1 Å². The summed E-state index contributed by atoms with van der Waals surface area (Å²) in [6.45, 7) is 0.584. The van der Waals surface area contributed by atoms with Gasteiger partial charge in [-0.1, -0.05) is 18.7 Å². The number of rotatable bonds is 7. The molecule has 14 heteroatoms. The van der Waals surface area contributed by atoms with Crippen LogP contribution in [0.3, 0.4) is 0 Å². The van der Waals surface area contributed by atoms with Crippen LogP contribution in [0.2, 0.25) is 0 Å². The second-order valence-corrected chi connectivity index (χ2v) is 9.65. The number of carbonyl (C=O) groups is 1. The molecule has 0 aliphatic carbocycles. The number of nitrogens with zero attached hydrogens (tertiary/aromatic N) is 2. The molecule has 2 aliphatic heterocycles. The van der Waals surface area contributed by atoms with Crippen molar-refractivity contribution in [3.05, 3.63) is 53.4 Å². The van der Waals surface area contributed by atoms with Crippen LogP contribution in [0.4, 0.5) is 32.0 Å². The summed E-state index contributed by atoms with van der Waals surface area (Å²) >= 11 is 1.33. The van der Waals surface area contributed by atoms with Crippen molar-refractivity contribution in [2.75, 3.05) is 30.9 Å². The third kappa shape index (κ3) is 4.71. The van der Waals surface area contributed by atoms with Gasteiger partial charge < -0.3 is 20.5 Å². The second-order valence-electron chi connectivity index (χ2n) is 8.65. The van der Waals surface area contributed by atoms with E-state index in [1.165, 1.54) is 23.9 Å². The molecule has 36 heavy (non-hydrogen) atoms. The molecule has 194 valence electrons. The van der Waals surface area contributed by atoms with Crippen molar-refractivity contribution in [3.8, 4) is 5.75 Å². The zero-order valence-corrected chi connectivity index (χ0v) is 19.5. The highest BCUT2D eigenvalue weighted by Gasteiger charge is 2.57. The first-order valence-electron chi connectivity index (χ1n) is 10.5. The lowest BCUT2D eigenvalue weighted by Crippen LogP contribution is -2.48. The van der Waals surface area contributed by atoms with Crippen LogP contribution in [0.15, 0.2) is 35.5 Å². The first kappa shape index (κ1) is 26.1. The van der Waals surface area contributed by atoms with Crippen LogP contribution in [-0.4, -0.2) is 54.0 Å². The van der Waals surface area contributed by atoms with E-state index in [4.69, 9.17) is 10.5 Å². The molecule has 0 spiro atoms. The van der Waals surface area contributed by atoms with E-state index >= 15 is 0 Å². The van der Waals surface area contributed by atoms with Crippen LogP contribution in [0.1, 0.15) is 23.0 Å². The lowest BCUT2D eigenvalue weighted by atomic mass is 9.70. The maximum Gasteiger partial charge on any atom is 0.340 e. The Morgan fingerprint density at radius 1 is 1.28 bits per heavy atom. The minimum atomic E-state index is -4.45. The van der Waals surface area contributed by atoms with Crippen molar-refractivity contribution < 1.29 is 40.6 Å². The maximum atomic E-state index is 15.0. The van der Waals surface area contributed by atoms with Crippen molar-refractivity contribution in [3.63, 3.8) is 0 Å². The molecular formula is C22H20F6N4O3S. The van der Waals surface area contributed by atoms with Gasteiger partial charge in [-0.3, -0.25) is 4.79 Å². The zero-order valence-electron chi connectivity index (χ0n) is 18.7. The lowest BCUT2D eigenvalue weighted by Gasteiger charge is -2.42. The SMILES string of the molecule is C[C@@]12COC[C@]1(c1cc(NC(=O)c3ncc(OCC(F)(F)C(F)F)cc3F)ccc1F)N=C(N)SC2. The molecule has 2 aromatic rings. The van der Waals surface area contributed by atoms with Gasteiger partial charge in [-0.15, -0.1) is 0 Å². The van der Waals surface area contributed by atoms with E-state index in [2.05, 4.69) is 20.0 Å². The summed E-state index contributed by atoms with van der Waals surface area (Å²) in [5.41, 5.74) is 3.75. The monoisotopic (exact) mass is 534 g/mol. The predicted molar refractivity (Wildman–Crippen MR) is 120 cm³/mol. The van der Waals surface area contributed by atoms with E-state index in [1.807, 2.05) is 6.92 Å². The summed E-state index contributed by atoms with van der Waals surface area (Å²) in [4.78, 5) is 20.7. The number of alkyl halides is 4. The number of thioether (sulfide) groups is 1. The maximum absolute atomic E-state index is 15.0. The molecule has 0 saturated carbocycles. The summed E-state index contributed by atoms with van der Waals surface area (Å²) in [6, 6.07) is 4.30. The molecule has 2 aliphatic rings. The van der Waals surface area contributed by atoms with Crippen LogP contribution in [0.5, 0.6) is 5.75 Å². The molecule has 1 aromatic heterocycles. The molecule has 7 nitrogen and oxygen atoms in total. The van der Waals surface area contributed by atoms with Crippen molar-refractivity contribution >= 4 is 28.5 Å². The standard InChI is InChI=1S/C22H20F6N4O3S/c1-20-7-34-8-21(20,32-19(29)36-10-20)13-4-11(2-3-14(13)23)31-17(33)16-15(24)5-12(6-30-16)35-9-22(27,28)18(25)26/h2-6,18H,7-10H2,1H3,(H2,29,32)(H,31,33)/t20-,21+/m0/s1. The quantitative estimate of drug-likeness (QED) is 0.518. The Balaban J connectivity index is 1.55. The number of anilines is 1. The molecule has 1 saturated heterocycles. The lowest BCUT2D eigenvalue weighted by molar-refractivity contribution is -0.148. The molecule has 0 unspecified atom stereocenters. The van der Waals surface area contributed by atoms with Crippen LogP contribution in [0, 0.1) is 17.0 Å². The van der Waals surface area contributed by atoms with Gasteiger partial charge in [0, 0.05) is 28.5 Å². The summed E-state index contributed by atoms with van der Waals surface area (Å²) in [5.74, 6) is -7.36. The van der Waals surface area contributed by atoms with Crippen LogP contribution in [0.25, 0.3) is 0 Å². The second kappa shape index (κ2) is 9.47. The zero-order chi connectivity index (χ0) is 26.3. The Morgan fingerprint density at radius 3 is 2.72 bits per heavy atom. The number of aliphatic imine (C=N–C) groups is 1. The highest BCUT2D eigenvalue weighted by Crippen LogP contribution is 2.53. The molecule has 0 bridgehead atoms. The number of nitrogens with two attached hydrogens (primary N) is 1. The fourth-order valence-electron chi connectivity index (χ4n) is 3.98. The third-order valence-electron chi connectivity index (χ3n) is 6.02. The van der Waals surface area contributed by atoms with Gasteiger partial charge in [0.2, 0.25) is 0 Å². The minimum absolute atomic E-state index is 0.0708. The first-order chi connectivity index (χ1) is 16.9.